The lowest BCUT2D eigenvalue weighted by Gasteiger charge is -2.42. The molecule has 1 saturated heterocycles. The van der Waals surface area contributed by atoms with Crippen molar-refractivity contribution in [2.75, 3.05) is 13.1 Å². The van der Waals surface area contributed by atoms with Crippen molar-refractivity contribution in [1.29, 1.82) is 0 Å². The molecule has 2 heterocycles. The molecule has 1 aromatic rings. The van der Waals surface area contributed by atoms with Crippen LogP contribution in [-0.4, -0.2) is 50.5 Å². The van der Waals surface area contributed by atoms with Gasteiger partial charge in [0, 0.05) is 18.8 Å². The van der Waals surface area contributed by atoms with Crippen LogP contribution in [0.3, 0.4) is 0 Å². The van der Waals surface area contributed by atoms with E-state index in [1.54, 1.807) is 0 Å². The number of likely N-dealkylation sites (tertiary alicyclic amines) is 1. The van der Waals surface area contributed by atoms with E-state index in [0.29, 0.717) is 32.5 Å². The summed E-state index contributed by atoms with van der Waals surface area (Å²) in [6, 6.07) is 1.97. The number of β-amino-alcohol motifs (C(OH)–C–C–N with tert-alkyl or cyclic N) is 1. The average molecular weight is 281 g/mol. The zero-order valence-corrected chi connectivity index (χ0v) is 12.1. The second-order valence-electron chi connectivity index (χ2n) is 5.75. The van der Waals surface area contributed by atoms with Crippen molar-refractivity contribution in [3.8, 4) is 0 Å². The van der Waals surface area contributed by atoms with Crippen LogP contribution >= 0.6 is 0 Å². The second kappa shape index (κ2) is 5.93. The molecule has 0 bridgehead atoms. The number of aliphatic hydroxyl groups is 1. The molecule has 2 atom stereocenters. The number of carboxylic acids is 1. The number of hydrogen-bond acceptors (Lipinski definition) is 4. The highest BCUT2D eigenvalue weighted by atomic mass is 16.4. The monoisotopic (exact) mass is 281 g/mol. The summed E-state index contributed by atoms with van der Waals surface area (Å²) in [7, 11) is 0. The smallest absolute Gasteiger partial charge is 0.312 e. The molecular formula is C14H23N3O3. The molecule has 0 unspecified atom stereocenters. The van der Waals surface area contributed by atoms with E-state index in [1.807, 2.05) is 19.9 Å². The van der Waals surface area contributed by atoms with Crippen molar-refractivity contribution in [3.05, 3.63) is 17.5 Å². The summed E-state index contributed by atoms with van der Waals surface area (Å²) in [5, 5.41) is 26.9. The van der Waals surface area contributed by atoms with Gasteiger partial charge in [0.25, 0.3) is 0 Å². The minimum atomic E-state index is -0.979. The molecule has 1 aromatic heterocycles. The van der Waals surface area contributed by atoms with E-state index in [4.69, 9.17) is 0 Å². The number of carboxylic acid groups (broad SMARTS) is 1. The van der Waals surface area contributed by atoms with Crippen LogP contribution < -0.4 is 0 Å². The molecule has 112 valence electrons. The van der Waals surface area contributed by atoms with Gasteiger partial charge in [0.1, 0.15) is 0 Å². The molecule has 0 aliphatic carbocycles. The van der Waals surface area contributed by atoms with Crippen molar-refractivity contribution in [3.63, 3.8) is 0 Å². The van der Waals surface area contributed by atoms with Gasteiger partial charge in [0.15, 0.2) is 0 Å². The van der Waals surface area contributed by atoms with E-state index in [1.165, 1.54) is 0 Å². The number of aromatic amines is 1. The minimum Gasteiger partial charge on any atom is -0.481 e. The average Bonchev–Trinajstić information content (AvgIpc) is 2.78. The third-order valence-electron chi connectivity index (χ3n) is 4.21. The van der Waals surface area contributed by atoms with Crippen LogP contribution in [0.4, 0.5) is 0 Å². The molecule has 1 aliphatic rings. The van der Waals surface area contributed by atoms with Crippen LogP contribution in [0.5, 0.6) is 0 Å². The van der Waals surface area contributed by atoms with Gasteiger partial charge in [-0.25, -0.2) is 0 Å². The highest BCUT2D eigenvalue weighted by Crippen LogP contribution is 2.37. The molecule has 20 heavy (non-hydrogen) atoms. The largest absolute Gasteiger partial charge is 0.481 e. The summed E-state index contributed by atoms with van der Waals surface area (Å²) < 4.78 is 0. The number of nitrogens with zero attached hydrogens (tertiary/aromatic N) is 2. The lowest BCUT2D eigenvalue weighted by molar-refractivity contribution is -0.164. The van der Waals surface area contributed by atoms with Gasteiger partial charge in [0.05, 0.1) is 17.2 Å². The third kappa shape index (κ3) is 2.86. The third-order valence-corrected chi connectivity index (χ3v) is 4.21. The molecule has 2 rings (SSSR count). The predicted octanol–water partition coefficient (Wildman–Crippen LogP) is 1.16. The maximum absolute atomic E-state index is 11.5. The number of H-pyrrole nitrogens is 1. The van der Waals surface area contributed by atoms with Crippen molar-refractivity contribution in [1.82, 2.24) is 15.1 Å². The highest BCUT2D eigenvalue weighted by Gasteiger charge is 2.47. The first-order chi connectivity index (χ1) is 9.48. The Morgan fingerprint density at radius 3 is 2.90 bits per heavy atom. The van der Waals surface area contributed by atoms with Crippen LogP contribution in [0.25, 0.3) is 0 Å². The Kier molecular flexibility index (Phi) is 4.45. The van der Waals surface area contributed by atoms with Crippen LogP contribution in [0.2, 0.25) is 0 Å². The first-order valence-electron chi connectivity index (χ1n) is 7.12. The topological polar surface area (TPSA) is 89.5 Å². The molecule has 0 spiro atoms. The van der Waals surface area contributed by atoms with Gasteiger partial charge in [-0.15, -0.1) is 0 Å². The Bertz CT molecular complexity index is 474. The zero-order chi connectivity index (χ0) is 14.8. The molecule has 1 fully saturated rings. The van der Waals surface area contributed by atoms with Gasteiger partial charge in [-0.3, -0.25) is 14.8 Å². The number of aliphatic hydroxyl groups excluding tert-OH is 1. The number of nitrogens with one attached hydrogen (secondary N) is 1. The lowest BCUT2D eigenvalue weighted by atomic mass is 9.73. The molecule has 6 heteroatoms. The van der Waals surface area contributed by atoms with E-state index in [9.17, 15) is 15.0 Å². The van der Waals surface area contributed by atoms with Crippen LogP contribution in [-0.2, 0) is 11.3 Å². The SMILES string of the molecule is CCC[C@]1(C(=O)O)CCN(Cc2cc(C)[nH]n2)C[C@@H]1O. The van der Waals surface area contributed by atoms with Gasteiger partial charge in [0.2, 0.25) is 0 Å². The summed E-state index contributed by atoms with van der Waals surface area (Å²) >= 11 is 0. The van der Waals surface area contributed by atoms with E-state index in [2.05, 4.69) is 15.1 Å². The number of aromatic nitrogens is 2. The molecule has 6 nitrogen and oxygen atoms in total. The van der Waals surface area contributed by atoms with Crippen LogP contribution in [0, 0.1) is 12.3 Å². The molecule has 3 N–H and O–H groups in total. The molecule has 0 amide bonds. The standard InChI is InChI=1S/C14H23N3O3/c1-3-4-14(13(19)20)5-6-17(9-12(14)18)8-11-7-10(2)15-16-11/h7,12,18H,3-6,8-9H2,1-2H3,(H,15,16)(H,19,20)/t12-,14-/m0/s1. The minimum absolute atomic E-state index is 0.387. The van der Waals surface area contributed by atoms with Gasteiger partial charge in [-0.1, -0.05) is 13.3 Å². The summed E-state index contributed by atoms with van der Waals surface area (Å²) in [5.41, 5.74) is 0.948. The Morgan fingerprint density at radius 2 is 2.40 bits per heavy atom. The number of piperidine rings is 1. The Balaban J connectivity index is 2.02. The number of carbonyl (C=O) groups is 1. The van der Waals surface area contributed by atoms with E-state index >= 15 is 0 Å². The Morgan fingerprint density at radius 1 is 1.65 bits per heavy atom. The van der Waals surface area contributed by atoms with E-state index in [-0.39, 0.29) is 0 Å². The molecule has 1 aliphatic heterocycles. The first-order valence-corrected chi connectivity index (χ1v) is 7.12. The molecule has 0 radical (unpaired) electrons. The summed E-state index contributed by atoms with van der Waals surface area (Å²) in [6.07, 6.45) is 0.954. The first kappa shape index (κ1) is 15.0. The fraction of sp³-hybridized carbons (Fsp3) is 0.714. The maximum atomic E-state index is 11.5. The van der Waals surface area contributed by atoms with Gasteiger partial charge >= 0.3 is 5.97 Å². The Labute approximate surface area is 118 Å². The van der Waals surface area contributed by atoms with Crippen molar-refractivity contribution in [2.24, 2.45) is 5.41 Å². The summed E-state index contributed by atoms with van der Waals surface area (Å²) in [6.45, 7) is 5.60. The normalized spacial score (nSPS) is 27.6. The number of hydrogen-bond donors (Lipinski definition) is 3. The van der Waals surface area contributed by atoms with E-state index in [0.717, 1.165) is 17.8 Å². The molecular weight excluding hydrogens is 258 g/mol. The summed E-state index contributed by atoms with van der Waals surface area (Å²) in [5.74, 6) is -0.873. The lowest BCUT2D eigenvalue weighted by Crippen LogP contribution is -2.54. The molecule has 0 saturated carbocycles. The number of rotatable bonds is 5. The van der Waals surface area contributed by atoms with E-state index < -0.39 is 17.5 Å². The Hall–Kier alpha value is -1.40. The highest BCUT2D eigenvalue weighted by molar-refractivity contribution is 5.75. The quantitative estimate of drug-likeness (QED) is 0.753. The zero-order valence-electron chi connectivity index (χ0n) is 12.1. The van der Waals surface area contributed by atoms with Gasteiger partial charge in [-0.05, 0) is 32.4 Å². The van der Waals surface area contributed by atoms with Gasteiger partial charge < -0.3 is 10.2 Å². The fourth-order valence-corrected chi connectivity index (χ4v) is 3.06. The summed E-state index contributed by atoms with van der Waals surface area (Å²) in [4.78, 5) is 13.6. The number of aryl methyl sites for hydroxylation is 1. The predicted molar refractivity (Wildman–Crippen MR) is 74.2 cm³/mol. The van der Waals surface area contributed by atoms with Gasteiger partial charge in [-0.2, -0.15) is 5.10 Å². The maximum Gasteiger partial charge on any atom is 0.312 e. The van der Waals surface area contributed by atoms with Crippen molar-refractivity contribution < 1.29 is 15.0 Å². The van der Waals surface area contributed by atoms with Crippen LogP contribution in [0.1, 0.15) is 37.6 Å². The second-order valence-corrected chi connectivity index (χ2v) is 5.75. The van der Waals surface area contributed by atoms with Crippen molar-refractivity contribution >= 4 is 5.97 Å². The molecule has 0 aromatic carbocycles. The fourth-order valence-electron chi connectivity index (χ4n) is 3.06. The van der Waals surface area contributed by atoms with Crippen molar-refractivity contribution in [2.45, 2.75) is 45.8 Å². The van der Waals surface area contributed by atoms with Crippen LogP contribution in [0.15, 0.2) is 6.07 Å². The number of aliphatic carboxylic acids is 1.